The molecule has 0 fully saturated rings. The van der Waals surface area contributed by atoms with E-state index in [0.29, 0.717) is 16.0 Å². The molecule has 0 bridgehead atoms. The van der Waals surface area contributed by atoms with Crippen molar-refractivity contribution in [1.29, 1.82) is 0 Å². The molecule has 0 radical (unpaired) electrons. The number of carbonyl (C=O) groups is 1. The fraction of sp³-hybridized carbons (Fsp3) is 0.200. The molecule has 6 nitrogen and oxygen atoms in total. The number of ether oxygens (including phenoxy) is 1. The predicted octanol–water partition coefficient (Wildman–Crippen LogP) is 4.01. The molecule has 0 saturated carbocycles. The number of hydrogen-bond donors (Lipinski definition) is 0. The van der Waals surface area contributed by atoms with Gasteiger partial charge in [-0.25, -0.2) is 9.78 Å². The van der Waals surface area contributed by atoms with Gasteiger partial charge in [0, 0.05) is 12.1 Å². The van der Waals surface area contributed by atoms with Crippen LogP contribution in [-0.4, -0.2) is 32.8 Å². The summed E-state index contributed by atoms with van der Waals surface area (Å²) in [6.07, 6.45) is 0. The first kappa shape index (κ1) is 16.9. The molecule has 1 aromatic carbocycles. The molecule has 0 spiro atoms. The highest BCUT2D eigenvalue weighted by Crippen LogP contribution is 2.35. The average molecular weight is 381 g/mol. The van der Waals surface area contributed by atoms with Crippen molar-refractivity contribution in [2.24, 2.45) is 0 Å². The van der Waals surface area contributed by atoms with E-state index in [-0.39, 0.29) is 10.0 Å². The summed E-state index contributed by atoms with van der Waals surface area (Å²) in [5, 5.41) is 9.36. The molecular weight excluding hydrogens is 368 g/mol. The fourth-order valence-electron chi connectivity index (χ4n) is 2.07. The minimum absolute atomic E-state index is 0.139. The molecule has 0 saturated heterocycles. The summed E-state index contributed by atoms with van der Waals surface area (Å²) in [4.78, 5) is 16.1. The van der Waals surface area contributed by atoms with E-state index in [9.17, 15) is 4.79 Å². The number of aromatic nitrogens is 4. The van der Waals surface area contributed by atoms with Crippen LogP contribution in [0.5, 0.6) is 0 Å². The van der Waals surface area contributed by atoms with Crippen molar-refractivity contribution >= 4 is 40.7 Å². The van der Waals surface area contributed by atoms with Gasteiger partial charge in [-0.2, -0.15) is 0 Å². The van der Waals surface area contributed by atoms with E-state index in [4.69, 9.17) is 16.3 Å². The highest BCUT2D eigenvalue weighted by molar-refractivity contribution is 8.00. The van der Waals surface area contributed by atoms with Crippen LogP contribution in [0.1, 0.15) is 16.6 Å². The zero-order chi connectivity index (χ0) is 17.1. The maximum atomic E-state index is 11.6. The first-order valence-electron chi connectivity index (χ1n) is 7.05. The molecule has 3 rings (SSSR count). The Morgan fingerprint density at radius 2 is 2.08 bits per heavy atom. The Labute approximate surface area is 151 Å². The van der Waals surface area contributed by atoms with E-state index in [2.05, 4.69) is 15.2 Å². The molecule has 24 heavy (non-hydrogen) atoms. The van der Waals surface area contributed by atoms with Crippen molar-refractivity contribution < 1.29 is 9.53 Å². The van der Waals surface area contributed by atoms with Crippen LogP contribution in [0.2, 0.25) is 5.15 Å². The molecule has 0 unspecified atom stereocenters. The number of carbonyl (C=O) groups excluding carboxylic acids is 1. The Balaban J connectivity index is 1.91. The summed E-state index contributed by atoms with van der Waals surface area (Å²) in [6, 6.07) is 9.85. The number of halogens is 1. The second kappa shape index (κ2) is 7.33. The van der Waals surface area contributed by atoms with Gasteiger partial charge in [0.25, 0.3) is 0 Å². The summed E-state index contributed by atoms with van der Waals surface area (Å²) in [5.74, 6) is 0.294. The van der Waals surface area contributed by atoms with Gasteiger partial charge in [0.2, 0.25) is 0 Å². The van der Waals surface area contributed by atoms with Crippen LogP contribution < -0.4 is 0 Å². The van der Waals surface area contributed by atoms with Gasteiger partial charge in [0.1, 0.15) is 0 Å². The Morgan fingerprint density at radius 1 is 1.33 bits per heavy atom. The molecule has 2 aromatic heterocycles. The molecule has 2 heterocycles. The van der Waals surface area contributed by atoms with Crippen molar-refractivity contribution in [2.45, 2.75) is 23.0 Å². The lowest BCUT2D eigenvalue weighted by Gasteiger charge is -2.05. The fourth-order valence-corrected chi connectivity index (χ4v) is 4.40. The number of esters is 1. The monoisotopic (exact) mass is 380 g/mol. The topological polar surface area (TPSA) is 69.9 Å². The van der Waals surface area contributed by atoms with Gasteiger partial charge in [0.05, 0.1) is 7.11 Å². The predicted molar refractivity (Wildman–Crippen MR) is 93.7 cm³/mol. The second-order valence-electron chi connectivity index (χ2n) is 4.61. The maximum absolute atomic E-state index is 11.6. The van der Waals surface area contributed by atoms with Crippen LogP contribution in [0.4, 0.5) is 0 Å². The molecule has 0 aliphatic carbocycles. The standard InChI is InChI=1S/C15H13ClN4O2S2/c1-3-20-12(9-7-5-4-6-8-9)18-19-14(20)24-15-17-11(16)10(23-15)13(21)22-2/h4-8H,3H2,1-2H3. The first-order chi connectivity index (χ1) is 11.6. The number of methoxy groups -OCH3 is 1. The van der Waals surface area contributed by atoms with Crippen LogP contribution in [0.3, 0.4) is 0 Å². The molecule has 9 heteroatoms. The quantitative estimate of drug-likeness (QED) is 0.623. The summed E-state index contributed by atoms with van der Waals surface area (Å²) >= 11 is 8.50. The number of thiazole rings is 1. The smallest absolute Gasteiger partial charge is 0.351 e. The minimum atomic E-state index is -0.494. The lowest BCUT2D eigenvalue weighted by molar-refractivity contribution is 0.0606. The van der Waals surface area contributed by atoms with Gasteiger partial charge in [-0.3, -0.25) is 0 Å². The normalized spacial score (nSPS) is 10.8. The molecular formula is C15H13ClN4O2S2. The largest absolute Gasteiger partial charge is 0.465 e. The van der Waals surface area contributed by atoms with Crippen LogP contribution in [-0.2, 0) is 11.3 Å². The van der Waals surface area contributed by atoms with Gasteiger partial charge in [-0.15, -0.1) is 10.2 Å². The Bertz CT molecular complexity index is 864. The van der Waals surface area contributed by atoms with E-state index in [1.807, 2.05) is 41.8 Å². The Kier molecular flexibility index (Phi) is 5.17. The van der Waals surface area contributed by atoms with Gasteiger partial charge in [-0.05, 0) is 18.7 Å². The third kappa shape index (κ3) is 3.31. The van der Waals surface area contributed by atoms with Crippen molar-refractivity contribution in [3.8, 4) is 11.4 Å². The van der Waals surface area contributed by atoms with E-state index in [1.54, 1.807) is 0 Å². The Morgan fingerprint density at radius 3 is 2.75 bits per heavy atom. The summed E-state index contributed by atoms with van der Waals surface area (Å²) < 4.78 is 7.30. The number of nitrogens with zero attached hydrogens (tertiary/aromatic N) is 4. The zero-order valence-corrected chi connectivity index (χ0v) is 15.3. The highest BCUT2D eigenvalue weighted by Gasteiger charge is 2.20. The SMILES string of the molecule is CCn1c(Sc2nc(Cl)c(C(=O)OC)s2)nnc1-c1ccccc1. The number of benzene rings is 1. The highest BCUT2D eigenvalue weighted by atomic mass is 35.5. The van der Waals surface area contributed by atoms with Crippen LogP contribution in [0.25, 0.3) is 11.4 Å². The number of hydrogen-bond acceptors (Lipinski definition) is 7. The van der Waals surface area contributed by atoms with Gasteiger partial charge in [-0.1, -0.05) is 53.3 Å². The van der Waals surface area contributed by atoms with Crippen LogP contribution in [0.15, 0.2) is 39.8 Å². The third-order valence-corrected chi connectivity index (χ3v) is 5.65. The van der Waals surface area contributed by atoms with Crippen molar-refractivity contribution in [2.75, 3.05) is 7.11 Å². The van der Waals surface area contributed by atoms with Crippen molar-refractivity contribution in [3.05, 3.63) is 40.4 Å². The van der Waals surface area contributed by atoms with E-state index < -0.39 is 5.97 Å². The molecule has 0 N–H and O–H groups in total. The molecule has 0 aliphatic rings. The summed E-state index contributed by atoms with van der Waals surface area (Å²) in [6.45, 7) is 2.73. The second-order valence-corrected chi connectivity index (χ2v) is 7.18. The molecule has 0 aliphatic heterocycles. The minimum Gasteiger partial charge on any atom is -0.465 e. The average Bonchev–Trinajstić information content (AvgIpc) is 3.18. The summed E-state index contributed by atoms with van der Waals surface area (Å²) in [5.41, 5.74) is 0.992. The first-order valence-corrected chi connectivity index (χ1v) is 9.06. The molecule has 124 valence electrons. The van der Waals surface area contributed by atoms with Gasteiger partial charge < -0.3 is 9.30 Å². The molecule has 0 atom stereocenters. The number of rotatable bonds is 5. The molecule has 0 amide bonds. The lowest BCUT2D eigenvalue weighted by Crippen LogP contribution is -1.99. The van der Waals surface area contributed by atoms with E-state index >= 15 is 0 Å². The third-order valence-electron chi connectivity index (χ3n) is 3.18. The van der Waals surface area contributed by atoms with Crippen molar-refractivity contribution in [1.82, 2.24) is 19.7 Å². The van der Waals surface area contributed by atoms with Gasteiger partial charge in [0.15, 0.2) is 25.4 Å². The van der Waals surface area contributed by atoms with E-state index in [0.717, 1.165) is 11.4 Å². The molecule has 3 aromatic rings. The summed E-state index contributed by atoms with van der Waals surface area (Å²) in [7, 11) is 1.31. The maximum Gasteiger partial charge on any atom is 0.351 e. The van der Waals surface area contributed by atoms with E-state index in [1.165, 1.54) is 30.2 Å². The van der Waals surface area contributed by atoms with Crippen molar-refractivity contribution in [3.63, 3.8) is 0 Å². The Hall–Kier alpha value is -1.90. The zero-order valence-electron chi connectivity index (χ0n) is 12.9. The van der Waals surface area contributed by atoms with Gasteiger partial charge >= 0.3 is 5.97 Å². The van der Waals surface area contributed by atoms with Crippen LogP contribution >= 0.6 is 34.7 Å². The lowest BCUT2D eigenvalue weighted by atomic mass is 10.2. The van der Waals surface area contributed by atoms with Crippen LogP contribution in [0, 0.1) is 0 Å².